The summed E-state index contributed by atoms with van der Waals surface area (Å²) in [6.45, 7) is 4.16. The maximum atomic E-state index is 9.95. The molecular weight excluding hydrogens is 200 g/mol. The molecule has 0 radical (unpaired) electrons. The largest absolute Gasteiger partial charge is 0.385 e. The van der Waals surface area contributed by atoms with Gasteiger partial charge in [-0.3, -0.25) is 0 Å². The van der Waals surface area contributed by atoms with Crippen molar-refractivity contribution in [3.05, 3.63) is 35.4 Å². The standard InChI is InChI=1S/C14H20O2/c1-13(2,16-3)10-11-4-6-12(7-5-11)14(15)8-9-14/h4-7,15H,8-10H2,1-3H3. The van der Waals surface area contributed by atoms with Crippen LogP contribution in [0.1, 0.15) is 37.8 Å². The predicted octanol–water partition coefficient (Wildman–Crippen LogP) is 2.64. The minimum absolute atomic E-state index is 0.127. The topological polar surface area (TPSA) is 29.5 Å². The van der Waals surface area contributed by atoms with Crippen LogP contribution in [-0.4, -0.2) is 17.8 Å². The zero-order valence-corrected chi connectivity index (χ0v) is 10.3. The Morgan fingerprint density at radius 2 is 1.81 bits per heavy atom. The van der Waals surface area contributed by atoms with E-state index < -0.39 is 5.60 Å². The Labute approximate surface area is 97.3 Å². The third-order valence-electron chi connectivity index (χ3n) is 3.40. The molecule has 0 spiro atoms. The van der Waals surface area contributed by atoms with Crippen molar-refractivity contribution >= 4 is 0 Å². The molecule has 0 amide bonds. The first-order chi connectivity index (χ1) is 7.45. The Hall–Kier alpha value is -0.860. The third-order valence-corrected chi connectivity index (χ3v) is 3.40. The molecule has 2 nitrogen and oxygen atoms in total. The molecule has 0 heterocycles. The van der Waals surface area contributed by atoms with Crippen LogP contribution in [0.4, 0.5) is 0 Å². The van der Waals surface area contributed by atoms with Gasteiger partial charge < -0.3 is 9.84 Å². The fraction of sp³-hybridized carbons (Fsp3) is 0.571. The van der Waals surface area contributed by atoms with Crippen LogP contribution < -0.4 is 0 Å². The van der Waals surface area contributed by atoms with Gasteiger partial charge in [-0.2, -0.15) is 0 Å². The monoisotopic (exact) mass is 220 g/mol. The molecule has 1 N–H and O–H groups in total. The Morgan fingerprint density at radius 3 is 2.25 bits per heavy atom. The lowest BCUT2D eigenvalue weighted by atomic mass is 9.96. The minimum Gasteiger partial charge on any atom is -0.385 e. The number of rotatable bonds is 4. The number of ether oxygens (including phenoxy) is 1. The van der Waals surface area contributed by atoms with Crippen LogP contribution in [0.2, 0.25) is 0 Å². The van der Waals surface area contributed by atoms with Crippen molar-refractivity contribution in [2.45, 2.75) is 44.3 Å². The number of hydrogen-bond acceptors (Lipinski definition) is 2. The second kappa shape index (κ2) is 3.86. The summed E-state index contributed by atoms with van der Waals surface area (Å²) >= 11 is 0. The van der Waals surface area contributed by atoms with Crippen LogP contribution in [0.25, 0.3) is 0 Å². The maximum Gasteiger partial charge on any atom is 0.0899 e. The van der Waals surface area contributed by atoms with Gasteiger partial charge >= 0.3 is 0 Å². The van der Waals surface area contributed by atoms with E-state index in [1.165, 1.54) is 5.56 Å². The predicted molar refractivity (Wildman–Crippen MR) is 64.4 cm³/mol. The third kappa shape index (κ3) is 2.45. The van der Waals surface area contributed by atoms with E-state index >= 15 is 0 Å². The lowest BCUT2D eigenvalue weighted by Crippen LogP contribution is -2.25. The van der Waals surface area contributed by atoms with Gasteiger partial charge in [-0.15, -0.1) is 0 Å². The van der Waals surface area contributed by atoms with Crippen molar-refractivity contribution in [2.75, 3.05) is 7.11 Å². The normalized spacial score (nSPS) is 18.5. The van der Waals surface area contributed by atoms with Gasteiger partial charge in [0, 0.05) is 13.5 Å². The summed E-state index contributed by atoms with van der Waals surface area (Å²) in [7, 11) is 1.74. The van der Waals surface area contributed by atoms with Gasteiger partial charge in [-0.1, -0.05) is 24.3 Å². The van der Waals surface area contributed by atoms with Crippen molar-refractivity contribution in [3.63, 3.8) is 0 Å². The summed E-state index contributed by atoms with van der Waals surface area (Å²) in [5.74, 6) is 0. The highest BCUT2D eigenvalue weighted by atomic mass is 16.5. The highest BCUT2D eigenvalue weighted by Gasteiger charge is 2.41. The zero-order chi connectivity index (χ0) is 11.8. The second-order valence-electron chi connectivity index (χ2n) is 5.37. The van der Waals surface area contributed by atoms with Crippen molar-refractivity contribution in [1.82, 2.24) is 0 Å². The number of benzene rings is 1. The van der Waals surface area contributed by atoms with Crippen LogP contribution >= 0.6 is 0 Å². The Morgan fingerprint density at radius 1 is 1.25 bits per heavy atom. The summed E-state index contributed by atoms with van der Waals surface area (Å²) in [6.07, 6.45) is 2.69. The molecule has 16 heavy (non-hydrogen) atoms. The van der Waals surface area contributed by atoms with Crippen LogP contribution in [0, 0.1) is 0 Å². The number of hydrogen-bond donors (Lipinski definition) is 1. The van der Waals surface area contributed by atoms with Gasteiger partial charge in [0.25, 0.3) is 0 Å². The summed E-state index contributed by atoms with van der Waals surface area (Å²) in [6, 6.07) is 8.25. The SMILES string of the molecule is COC(C)(C)Cc1ccc(C2(O)CC2)cc1. The Balaban J connectivity index is 2.08. The molecule has 1 saturated carbocycles. The molecule has 1 aliphatic rings. The quantitative estimate of drug-likeness (QED) is 0.845. The molecule has 1 aromatic carbocycles. The molecule has 2 rings (SSSR count). The van der Waals surface area contributed by atoms with Crippen molar-refractivity contribution in [3.8, 4) is 0 Å². The molecule has 0 unspecified atom stereocenters. The van der Waals surface area contributed by atoms with Crippen LogP contribution in [-0.2, 0) is 16.8 Å². The van der Waals surface area contributed by atoms with E-state index in [0.717, 1.165) is 24.8 Å². The van der Waals surface area contributed by atoms with Crippen molar-refractivity contribution < 1.29 is 9.84 Å². The Kier molecular flexibility index (Phi) is 2.81. The fourth-order valence-corrected chi connectivity index (χ4v) is 1.90. The molecule has 0 aromatic heterocycles. The smallest absolute Gasteiger partial charge is 0.0899 e. The Bertz CT molecular complexity index is 361. The average Bonchev–Trinajstić information content (AvgIpc) is 2.98. The molecule has 1 fully saturated rings. The molecular formula is C14H20O2. The van der Waals surface area contributed by atoms with E-state index in [-0.39, 0.29) is 5.60 Å². The molecule has 0 bridgehead atoms. The molecule has 0 atom stereocenters. The van der Waals surface area contributed by atoms with Gasteiger partial charge in [0.15, 0.2) is 0 Å². The van der Waals surface area contributed by atoms with E-state index in [0.29, 0.717) is 0 Å². The van der Waals surface area contributed by atoms with E-state index in [4.69, 9.17) is 4.74 Å². The summed E-state index contributed by atoms with van der Waals surface area (Å²) in [5.41, 5.74) is 1.65. The first kappa shape index (κ1) is 11.6. The van der Waals surface area contributed by atoms with E-state index in [2.05, 4.69) is 26.0 Å². The van der Waals surface area contributed by atoms with Gasteiger partial charge in [0.2, 0.25) is 0 Å². The highest BCUT2D eigenvalue weighted by molar-refractivity contribution is 5.31. The number of aliphatic hydroxyl groups is 1. The van der Waals surface area contributed by atoms with Crippen LogP contribution in [0.15, 0.2) is 24.3 Å². The van der Waals surface area contributed by atoms with Gasteiger partial charge in [0.05, 0.1) is 11.2 Å². The van der Waals surface area contributed by atoms with Crippen LogP contribution in [0.5, 0.6) is 0 Å². The van der Waals surface area contributed by atoms with E-state index in [9.17, 15) is 5.11 Å². The highest BCUT2D eigenvalue weighted by Crippen LogP contribution is 2.45. The van der Waals surface area contributed by atoms with E-state index in [1.807, 2.05) is 12.1 Å². The van der Waals surface area contributed by atoms with Crippen molar-refractivity contribution in [1.29, 1.82) is 0 Å². The summed E-state index contributed by atoms with van der Waals surface area (Å²) < 4.78 is 5.40. The number of methoxy groups -OCH3 is 1. The second-order valence-corrected chi connectivity index (χ2v) is 5.37. The molecule has 0 aliphatic heterocycles. The van der Waals surface area contributed by atoms with E-state index in [1.54, 1.807) is 7.11 Å². The average molecular weight is 220 g/mol. The minimum atomic E-state index is -0.519. The molecule has 2 heteroatoms. The summed E-state index contributed by atoms with van der Waals surface area (Å²) in [5, 5.41) is 9.95. The lowest BCUT2D eigenvalue weighted by Gasteiger charge is -2.23. The lowest BCUT2D eigenvalue weighted by molar-refractivity contribution is 0.0232. The zero-order valence-electron chi connectivity index (χ0n) is 10.3. The summed E-state index contributed by atoms with van der Waals surface area (Å²) in [4.78, 5) is 0. The van der Waals surface area contributed by atoms with Crippen molar-refractivity contribution in [2.24, 2.45) is 0 Å². The van der Waals surface area contributed by atoms with Crippen LogP contribution in [0.3, 0.4) is 0 Å². The molecule has 1 aliphatic carbocycles. The van der Waals surface area contributed by atoms with Gasteiger partial charge in [0.1, 0.15) is 0 Å². The molecule has 0 saturated heterocycles. The molecule has 1 aromatic rings. The maximum absolute atomic E-state index is 9.95. The fourth-order valence-electron chi connectivity index (χ4n) is 1.90. The first-order valence-corrected chi connectivity index (χ1v) is 5.82. The van der Waals surface area contributed by atoms with Gasteiger partial charge in [-0.05, 0) is 37.8 Å². The first-order valence-electron chi connectivity index (χ1n) is 5.82. The van der Waals surface area contributed by atoms with Gasteiger partial charge in [-0.25, -0.2) is 0 Å². The molecule has 88 valence electrons.